The molecule has 1 fully saturated rings. The maximum Gasteiger partial charge on any atom is 0.337 e. The van der Waals surface area contributed by atoms with E-state index in [0.717, 1.165) is 18.4 Å². The maximum atomic E-state index is 11.9. The summed E-state index contributed by atoms with van der Waals surface area (Å²) in [4.78, 5) is 23.4. The Bertz CT molecular complexity index is 751. The molecule has 0 spiro atoms. The van der Waals surface area contributed by atoms with Gasteiger partial charge in [-0.05, 0) is 48.9 Å². The molecule has 0 aliphatic heterocycles. The van der Waals surface area contributed by atoms with Gasteiger partial charge in [0.05, 0.1) is 18.1 Å². The predicted molar refractivity (Wildman–Crippen MR) is 94.6 cm³/mol. The highest BCUT2D eigenvalue weighted by Crippen LogP contribution is 2.62. The third-order valence-corrected chi connectivity index (χ3v) is 5.17. The molecule has 4 nitrogen and oxygen atoms in total. The number of rotatable bonds is 7. The molecular formula is C21H22O4. The molecule has 2 atom stereocenters. The van der Waals surface area contributed by atoms with Gasteiger partial charge in [-0.25, -0.2) is 4.79 Å². The highest BCUT2D eigenvalue weighted by molar-refractivity contribution is 5.89. The zero-order valence-corrected chi connectivity index (χ0v) is 14.3. The molecule has 1 aliphatic rings. The summed E-state index contributed by atoms with van der Waals surface area (Å²) >= 11 is 0. The number of aliphatic carboxylic acids is 1. The summed E-state index contributed by atoms with van der Waals surface area (Å²) in [5.41, 5.74) is 2.04. The van der Waals surface area contributed by atoms with Crippen LogP contribution >= 0.6 is 0 Å². The fraction of sp³-hybridized carbons (Fsp3) is 0.333. The fourth-order valence-corrected chi connectivity index (χ4v) is 3.58. The minimum Gasteiger partial charge on any atom is -0.481 e. The summed E-state index contributed by atoms with van der Waals surface area (Å²) < 4.78 is 4.69. The average Bonchev–Trinajstić information content (AvgIpc) is 3.38. The van der Waals surface area contributed by atoms with Gasteiger partial charge in [0.15, 0.2) is 0 Å². The van der Waals surface area contributed by atoms with Gasteiger partial charge in [-0.3, -0.25) is 4.79 Å². The van der Waals surface area contributed by atoms with Crippen LogP contribution in [0.1, 0.15) is 46.7 Å². The van der Waals surface area contributed by atoms with Crippen molar-refractivity contribution in [3.05, 3.63) is 71.3 Å². The van der Waals surface area contributed by atoms with Gasteiger partial charge < -0.3 is 9.84 Å². The van der Waals surface area contributed by atoms with Crippen LogP contribution in [0.15, 0.2) is 54.6 Å². The molecule has 25 heavy (non-hydrogen) atoms. The van der Waals surface area contributed by atoms with Crippen molar-refractivity contribution in [3.63, 3.8) is 0 Å². The first-order valence-corrected chi connectivity index (χ1v) is 8.52. The van der Waals surface area contributed by atoms with E-state index < -0.39 is 11.4 Å². The van der Waals surface area contributed by atoms with Gasteiger partial charge in [0, 0.05) is 5.92 Å². The lowest BCUT2D eigenvalue weighted by molar-refractivity contribution is -0.143. The Labute approximate surface area is 147 Å². The molecule has 130 valence electrons. The molecule has 0 bridgehead atoms. The van der Waals surface area contributed by atoms with Crippen LogP contribution < -0.4 is 0 Å². The van der Waals surface area contributed by atoms with Gasteiger partial charge >= 0.3 is 11.9 Å². The van der Waals surface area contributed by atoms with E-state index in [9.17, 15) is 14.7 Å². The summed E-state index contributed by atoms with van der Waals surface area (Å²) in [6.07, 6.45) is 3.08. The normalized spacial score (nSPS) is 21.6. The van der Waals surface area contributed by atoms with Crippen LogP contribution in [-0.2, 0) is 16.0 Å². The first-order valence-electron chi connectivity index (χ1n) is 8.52. The number of ether oxygens (including phenoxy) is 1. The van der Waals surface area contributed by atoms with Crippen LogP contribution in [0.3, 0.4) is 0 Å². The van der Waals surface area contributed by atoms with E-state index >= 15 is 0 Å². The van der Waals surface area contributed by atoms with Gasteiger partial charge in [-0.1, -0.05) is 42.5 Å². The van der Waals surface area contributed by atoms with Gasteiger partial charge in [-0.15, -0.1) is 0 Å². The van der Waals surface area contributed by atoms with Crippen LogP contribution in [0.4, 0.5) is 0 Å². The van der Waals surface area contributed by atoms with Crippen molar-refractivity contribution < 1.29 is 19.4 Å². The zero-order valence-electron chi connectivity index (χ0n) is 14.3. The molecule has 0 amide bonds. The van der Waals surface area contributed by atoms with Crippen LogP contribution in [0.25, 0.3) is 0 Å². The number of aryl methyl sites for hydroxylation is 1. The minimum absolute atomic E-state index is 0.0208. The van der Waals surface area contributed by atoms with E-state index in [-0.39, 0.29) is 11.9 Å². The maximum absolute atomic E-state index is 11.9. The van der Waals surface area contributed by atoms with Crippen LogP contribution in [0.2, 0.25) is 0 Å². The number of benzene rings is 2. The average molecular weight is 338 g/mol. The minimum atomic E-state index is -0.720. The zero-order chi connectivity index (χ0) is 17.9. The smallest absolute Gasteiger partial charge is 0.337 e. The Kier molecular flexibility index (Phi) is 4.88. The molecule has 0 saturated heterocycles. The standard InChI is InChI=1S/C21H22O4/c1-25-19(22)17-11-9-16(10-12-17)18-14-21(18,20(23)24)13-5-8-15-6-3-2-4-7-15/h2-4,6-7,9-12,18H,5,8,13-14H2,1H3,(H,23,24)/t18-,21-/m1/s1. The summed E-state index contributed by atoms with van der Waals surface area (Å²) in [6.45, 7) is 0. The lowest BCUT2D eigenvalue weighted by Gasteiger charge is -2.13. The van der Waals surface area contributed by atoms with Gasteiger partial charge in [0.2, 0.25) is 0 Å². The largest absolute Gasteiger partial charge is 0.481 e. The Morgan fingerprint density at radius 3 is 2.40 bits per heavy atom. The Hall–Kier alpha value is -2.62. The summed E-state index contributed by atoms with van der Waals surface area (Å²) in [5, 5.41) is 9.74. The Balaban J connectivity index is 1.65. The molecule has 4 heteroatoms. The van der Waals surface area contributed by atoms with Gasteiger partial charge in [0.1, 0.15) is 0 Å². The SMILES string of the molecule is COC(=O)c1ccc([C@H]2C[C@@]2(CCCc2ccccc2)C(=O)O)cc1. The number of methoxy groups -OCH3 is 1. The Morgan fingerprint density at radius 2 is 1.80 bits per heavy atom. The second-order valence-electron chi connectivity index (χ2n) is 6.67. The van der Waals surface area contributed by atoms with E-state index in [1.165, 1.54) is 12.7 Å². The molecule has 0 heterocycles. The van der Waals surface area contributed by atoms with E-state index in [1.54, 1.807) is 12.1 Å². The summed E-state index contributed by atoms with van der Waals surface area (Å²) in [5.74, 6) is -1.08. The molecule has 1 saturated carbocycles. The van der Waals surface area contributed by atoms with Crippen LogP contribution in [-0.4, -0.2) is 24.2 Å². The van der Waals surface area contributed by atoms with Crippen LogP contribution in [0.5, 0.6) is 0 Å². The first kappa shape index (κ1) is 17.2. The predicted octanol–water partition coefficient (Wildman–Crippen LogP) is 4.05. The summed E-state index contributed by atoms with van der Waals surface area (Å²) in [6, 6.07) is 17.2. The van der Waals surface area contributed by atoms with E-state index in [2.05, 4.69) is 12.1 Å². The lowest BCUT2D eigenvalue weighted by atomic mass is 9.92. The number of hydrogen-bond donors (Lipinski definition) is 1. The molecule has 2 aromatic carbocycles. The van der Waals surface area contributed by atoms with Gasteiger partial charge in [0.25, 0.3) is 0 Å². The van der Waals surface area contributed by atoms with Crippen molar-refractivity contribution in [1.82, 2.24) is 0 Å². The highest BCUT2D eigenvalue weighted by atomic mass is 16.5. The van der Waals surface area contributed by atoms with Crippen molar-refractivity contribution in [1.29, 1.82) is 0 Å². The van der Waals surface area contributed by atoms with Crippen molar-refractivity contribution >= 4 is 11.9 Å². The lowest BCUT2D eigenvalue weighted by Crippen LogP contribution is -2.17. The number of carboxylic acid groups (broad SMARTS) is 1. The number of carbonyl (C=O) groups excluding carboxylic acids is 1. The third kappa shape index (κ3) is 3.58. The molecule has 0 aromatic heterocycles. The topological polar surface area (TPSA) is 63.6 Å². The van der Waals surface area contributed by atoms with Crippen molar-refractivity contribution in [3.8, 4) is 0 Å². The quantitative estimate of drug-likeness (QED) is 0.774. The first-order chi connectivity index (χ1) is 12.1. The molecule has 0 unspecified atom stereocenters. The molecule has 1 aliphatic carbocycles. The van der Waals surface area contributed by atoms with Crippen LogP contribution in [0, 0.1) is 5.41 Å². The molecule has 0 radical (unpaired) electrons. The monoisotopic (exact) mass is 338 g/mol. The number of carbonyl (C=O) groups is 2. The molecule has 2 aromatic rings. The second kappa shape index (κ2) is 7.09. The third-order valence-electron chi connectivity index (χ3n) is 5.17. The number of esters is 1. The highest BCUT2D eigenvalue weighted by Gasteiger charge is 2.60. The second-order valence-corrected chi connectivity index (χ2v) is 6.67. The fourth-order valence-electron chi connectivity index (χ4n) is 3.58. The number of hydrogen-bond acceptors (Lipinski definition) is 3. The Morgan fingerprint density at radius 1 is 1.12 bits per heavy atom. The molecular weight excluding hydrogens is 316 g/mol. The molecule has 1 N–H and O–H groups in total. The number of carboxylic acids is 1. The van der Waals surface area contributed by atoms with Crippen molar-refractivity contribution in [2.45, 2.75) is 31.6 Å². The van der Waals surface area contributed by atoms with E-state index in [0.29, 0.717) is 18.4 Å². The van der Waals surface area contributed by atoms with Gasteiger partial charge in [-0.2, -0.15) is 0 Å². The van der Waals surface area contributed by atoms with E-state index in [1.807, 2.05) is 30.3 Å². The van der Waals surface area contributed by atoms with Crippen molar-refractivity contribution in [2.24, 2.45) is 5.41 Å². The molecule has 3 rings (SSSR count). The van der Waals surface area contributed by atoms with E-state index in [4.69, 9.17) is 4.74 Å². The van der Waals surface area contributed by atoms with Crippen molar-refractivity contribution in [2.75, 3.05) is 7.11 Å². The summed E-state index contributed by atoms with van der Waals surface area (Å²) in [7, 11) is 1.35.